The lowest BCUT2D eigenvalue weighted by atomic mass is 10.2. The van der Waals surface area contributed by atoms with E-state index in [9.17, 15) is 13.6 Å². The molecule has 0 radical (unpaired) electrons. The van der Waals surface area contributed by atoms with Crippen LogP contribution in [0.15, 0.2) is 83.5 Å². The first-order valence-electron chi connectivity index (χ1n) is 11.1. The zero-order chi connectivity index (χ0) is 25.5. The van der Waals surface area contributed by atoms with E-state index in [2.05, 4.69) is 9.73 Å². The normalized spacial score (nSPS) is 14.4. The number of anilines is 1. The molecule has 0 N–H and O–H groups in total. The van der Waals surface area contributed by atoms with E-state index in [1.165, 1.54) is 28.8 Å². The summed E-state index contributed by atoms with van der Waals surface area (Å²) >= 11 is 1.37. The molecule has 9 heteroatoms. The molecular weight excluding hydrogens is 486 g/mol. The van der Waals surface area contributed by atoms with Crippen LogP contribution < -0.4 is 19.1 Å². The number of carbonyl (C=O) groups is 1. The van der Waals surface area contributed by atoms with Gasteiger partial charge in [-0.05, 0) is 67.1 Å². The Morgan fingerprint density at radius 1 is 0.944 bits per heavy atom. The second-order valence-electron chi connectivity index (χ2n) is 7.72. The van der Waals surface area contributed by atoms with Gasteiger partial charge in [0, 0.05) is 5.75 Å². The van der Waals surface area contributed by atoms with Crippen LogP contribution in [0.5, 0.6) is 17.2 Å². The summed E-state index contributed by atoms with van der Waals surface area (Å²) in [5.41, 5.74) is 2.69. The van der Waals surface area contributed by atoms with Gasteiger partial charge in [0.05, 0.1) is 19.4 Å². The standard InChI is InChI=1S/C27H24F2N2O4S/c1-18-3-9-22(10-4-18)34-15-16-36-27-30-24(17-19-5-11-21(33-2)12-6-19)25(32)31(27)20-7-13-23(14-8-20)35-26(28)29/h3-14,17,26H,15-16H2,1-2H3/b24-17+. The minimum atomic E-state index is -2.93. The summed E-state index contributed by atoms with van der Waals surface area (Å²) in [4.78, 5) is 19.3. The highest BCUT2D eigenvalue weighted by molar-refractivity contribution is 8.14. The number of rotatable bonds is 9. The molecule has 1 amide bonds. The third kappa shape index (κ3) is 6.42. The predicted molar refractivity (Wildman–Crippen MR) is 138 cm³/mol. The lowest BCUT2D eigenvalue weighted by Crippen LogP contribution is -2.30. The van der Waals surface area contributed by atoms with Crippen molar-refractivity contribution in [3.8, 4) is 17.2 Å². The molecule has 0 bridgehead atoms. The van der Waals surface area contributed by atoms with Gasteiger partial charge in [0.25, 0.3) is 5.91 Å². The van der Waals surface area contributed by atoms with Gasteiger partial charge < -0.3 is 14.2 Å². The van der Waals surface area contributed by atoms with Gasteiger partial charge in [-0.3, -0.25) is 9.69 Å². The van der Waals surface area contributed by atoms with Gasteiger partial charge in [-0.15, -0.1) is 0 Å². The number of methoxy groups -OCH3 is 1. The average molecular weight is 511 g/mol. The van der Waals surface area contributed by atoms with Crippen LogP contribution >= 0.6 is 11.8 Å². The Balaban J connectivity index is 1.52. The number of halogens is 2. The molecule has 3 aromatic carbocycles. The summed E-state index contributed by atoms with van der Waals surface area (Å²) in [7, 11) is 1.58. The van der Waals surface area contributed by atoms with Gasteiger partial charge in [0.1, 0.15) is 22.9 Å². The molecule has 4 rings (SSSR count). The van der Waals surface area contributed by atoms with Crippen molar-refractivity contribution in [2.75, 3.05) is 24.4 Å². The van der Waals surface area contributed by atoms with Crippen molar-refractivity contribution in [2.24, 2.45) is 4.99 Å². The molecule has 0 saturated carbocycles. The zero-order valence-electron chi connectivity index (χ0n) is 19.7. The Labute approximate surface area is 212 Å². The summed E-state index contributed by atoms with van der Waals surface area (Å²) in [5, 5.41) is 0.467. The van der Waals surface area contributed by atoms with E-state index in [1.807, 2.05) is 43.3 Å². The number of amidine groups is 1. The Morgan fingerprint density at radius 2 is 1.58 bits per heavy atom. The largest absolute Gasteiger partial charge is 0.497 e. The van der Waals surface area contributed by atoms with Crippen LogP contribution in [-0.4, -0.2) is 37.2 Å². The second-order valence-corrected chi connectivity index (χ2v) is 8.78. The summed E-state index contributed by atoms with van der Waals surface area (Å²) in [6.45, 7) is -0.510. The highest BCUT2D eigenvalue weighted by atomic mass is 32.2. The molecular formula is C27H24F2N2O4S. The first-order chi connectivity index (χ1) is 17.4. The fraction of sp³-hybridized carbons (Fsp3) is 0.185. The molecule has 0 fully saturated rings. The van der Waals surface area contributed by atoms with Crippen LogP contribution in [0.2, 0.25) is 0 Å². The van der Waals surface area contributed by atoms with Gasteiger partial charge in [0.2, 0.25) is 0 Å². The third-order valence-electron chi connectivity index (χ3n) is 5.17. The summed E-state index contributed by atoms with van der Waals surface area (Å²) in [5.74, 6) is 1.69. The smallest absolute Gasteiger partial charge is 0.387 e. The molecule has 0 unspecified atom stereocenters. The van der Waals surface area contributed by atoms with Crippen LogP contribution in [0.25, 0.3) is 6.08 Å². The lowest BCUT2D eigenvalue weighted by Gasteiger charge is -2.18. The van der Waals surface area contributed by atoms with Crippen LogP contribution in [0.1, 0.15) is 11.1 Å². The van der Waals surface area contributed by atoms with Crippen molar-refractivity contribution in [3.05, 3.63) is 89.6 Å². The molecule has 1 heterocycles. The fourth-order valence-corrected chi connectivity index (χ4v) is 4.21. The average Bonchev–Trinajstić information content (AvgIpc) is 3.18. The second kappa shape index (κ2) is 11.7. The van der Waals surface area contributed by atoms with Gasteiger partial charge in [0.15, 0.2) is 5.17 Å². The molecule has 36 heavy (non-hydrogen) atoms. The molecule has 0 aromatic heterocycles. The molecule has 0 spiro atoms. The van der Waals surface area contributed by atoms with Crippen LogP contribution in [0, 0.1) is 6.92 Å². The Hall–Kier alpha value is -3.85. The maximum absolute atomic E-state index is 13.3. The Bertz CT molecular complexity index is 1240. The van der Waals surface area contributed by atoms with E-state index in [4.69, 9.17) is 9.47 Å². The molecule has 186 valence electrons. The molecule has 6 nitrogen and oxygen atoms in total. The van der Waals surface area contributed by atoms with E-state index < -0.39 is 6.61 Å². The number of hydrogen-bond donors (Lipinski definition) is 0. The van der Waals surface area contributed by atoms with E-state index in [0.29, 0.717) is 29.0 Å². The van der Waals surface area contributed by atoms with E-state index in [-0.39, 0.29) is 17.4 Å². The van der Waals surface area contributed by atoms with E-state index in [1.54, 1.807) is 37.5 Å². The number of thioether (sulfide) groups is 1. The van der Waals surface area contributed by atoms with Crippen molar-refractivity contribution >= 4 is 34.6 Å². The summed E-state index contributed by atoms with van der Waals surface area (Å²) < 4.78 is 40.5. The van der Waals surface area contributed by atoms with Crippen molar-refractivity contribution in [1.29, 1.82) is 0 Å². The zero-order valence-corrected chi connectivity index (χ0v) is 20.5. The number of amides is 1. The van der Waals surface area contributed by atoms with Crippen molar-refractivity contribution in [1.82, 2.24) is 0 Å². The van der Waals surface area contributed by atoms with Gasteiger partial charge >= 0.3 is 6.61 Å². The highest BCUT2D eigenvalue weighted by Crippen LogP contribution is 2.31. The SMILES string of the molecule is COc1ccc(/C=C2/N=C(SCCOc3ccc(C)cc3)N(c3ccc(OC(F)F)cc3)C2=O)cc1. The number of carbonyl (C=O) groups excluding carboxylic acids is 1. The molecule has 1 aliphatic rings. The number of ether oxygens (including phenoxy) is 3. The van der Waals surface area contributed by atoms with Crippen LogP contribution in [0.3, 0.4) is 0 Å². The first-order valence-corrected chi connectivity index (χ1v) is 12.1. The van der Waals surface area contributed by atoms with Crippen LogP contribution in [-0.2, 0) is 4.79 Å². The lowest BCUT2D eigenvalue weighted by molar-refractivity contribution is -0.113. The van der Waals surface area contributed by atoms with Gasteiger partial charge in [-0.1, -0.05) is 41.6 Å². The Kier molecular flexibility index (Phi) is 8.22. The van der Waals surface area contributed by atoms with Crippen molar-refractivity contribution < 1.29 is 27.8 Å². The molecule has 3 aromatic rings. The molecule has 1 aliphatic heterocycles. The van der Waals surface area contributed by atoms with Crippen LogP contribution in [0.4, 0.5) is 14.5 Å². The maximum atomic E-state index is 13.3. The third-order valence-corrected chi connectivity index (χ3v) is 6.08. The first kappa shape index (κ1) is 25.2. The number of aliphatic imine (C=N–C) groups is 1. The fourth-order valence-electron chi connectivity index (χ4n) is 3.38. The quantitative estimate of drug-likeness (QED) is 0.255. The highest BCUT2D eigenvalue weighted by Gasteiger charge is 2.32. The molecule has 0 atom stereocenters. The minimum absolute atomic E-state index is 0.00651. The minimum Gasteiger partial charge on any atom is -0.497 e. The number of alkyl halides is 2. The topological polar surface area (TPSA) is 60.4 Å². The monoisotopic (exact) mass is 510 g/mol. The number of hydrogen-bond acceptors (Lipinski definition) is 6. The summed E-state index contributed by atoms with van der Waals surface area (Å²) in [6, 6.07) is 20.9. The number of aryl methyl sites for hydroxylation is 1. The summed E-state index contributed by atoms with van der Waals surface area (Å²) in [6.07, 6.45) is 1.69. The number of nitrogens with zero attached hydrogens (tertiary/aromatic N) is 2. The van der Waals surface area contributed by atoms with Gasteiger partial charge in [-0.2, -0.15) is 8.78 Å². The predicted octanol–water partition coefficient (Wildman–Crippen LogP) is 6.16. The Morgan fingerprint density at radius 3 is 2.22 bits per heavy atom. The number of benzene rings is 3. The molecule has 0 aliphatic carbocycles. The van der Waals surface area contributed by atoms with E-state index >= 15 is 0 Å². The maximum Gasteiger partial charge on any atom is 0.387 e. The van der Waals surface area contributed by atoms with E-state index in [0.717, 1.165) is 16.9 Å². The molecule has 0 saturated heterocycles. The van der Waals surface area contributed by atoms with Crippen molar-refractivity contribution in [2.45, 2.75) is 13.5 Å². The van der Waals surface area contributed by atoms with Crippen molar-refractivity contribution in [3.63, 3.8) is 0 Å². The van der Waals surface area contributed by atoms with Gasteiger partial charge in [-0.25, -0.2) is 4.99 Å².